The van der Waals surface area contributed by atoms with E-state index in [1.807, 2.05) is 17.9 Å². The highest BCUT2D eigenvalue weighted by atomic mass is 16.5. The molecule has 1 aliphatic heterocycles. The minimum Gasteiger partial charge on any atom is -0.497 e. The van der Waals surface area contributed by atoms with Crippen LogP contribution in [-0.2, 0) is 0 Å². The first-order chi connectivity index (χ1) is 10.2. The number of amides is 1. The van der Waals surface area contributed by atoms with E-state index in [1.165, 1.54) is 0 Å². The summed E-state index contributed by atoms with van der Waals surface area (Å²) in [5.74, 6) is 1.55. The fourth-order valence-corrected chi connectivity index (χ4v) is 2.76. The SMILES string of the molecule is COc1ccc(C(=O)N2CCC[C@@H]2c2cc(C)on2)cc1. The molecule has 110 valence electrons. The Hall–Kier alpha value is -2.30. The van der Waals surface area contributed by atoms with E-state index in [-0.39, 0.29) is 11.9 Å². The van der Waals surface area contributed by atoms with Crippen molar-refractivity contribution in [3.63, 3.8) is 0 Å². The molecule has 3 rings (SSSR count). The molecule has 21 heavy (non-hydrogen) atoms. The Labute approximate surface area is 123 Å². The maximum Gasteiger partial charge on any atom is 0.254 e. The number of carbonyl (C=O) groups is 1. The molecule has 0 bridgehead atoms. The van der Waals surface area contributed by atoms with Crippen LogP contribution in [0.1, 0.15) is 40.7 Å². The van der Waals surface area contributed by atoms with E-state index >= 15 is 0 Å². The van der Waals surface area contributed by atoms with Gasteiger partial charge in [0.15, 0.2) is 0 Å². The molecule has 0 spiro atoms. The highest BCUT2D eigenvalue weighted by Gasteiger charge is 2.32. The Morgan fingerprint density at radius 1 is 1.38 bits per heavy atom. The van der Waals surface area contributed by atoms with Crippen LogP contribution in [0.5, 0.6) is 5.75 Å². The summed E-state index contributed by atoms with van der Waals surface area (Å²) in [4.78, 5) is 14.5. The summed E-state index contributed by atoms with van der Waals surface area (Å²) < 4.78 is 10.3. The van der Waals surface area contributed by atoms with Crippen LogP contribution in [0.25, 0.3) is 0 Å². The van der Waals surface area contributed by atoms with Crippen molar-refractivity contribution in [3.05, 3.63) is 47.3 Å². The van der Waals surface area contributed by atoms with Gasteiger partial charge in [-0.3, -0.25) is 4.79 Å². The van der Waals surface area contributed by atoms with Crippen molar-refractivity contribution >= 4 is 5.91 Å². The summed E-state index contributed by atoms with van der Waals surface area (Å²) in [6.07, 6.45) is 1.91. The maximum absolute atomic E-state index is 12.7. The van der Waals surface area contributed by atoms with Crippen LogP contribution in [0.4, 0.5) is 0 Å². The molecule has 1 saturated heterocycles. The van der Waals surface area contributed by atoms with E-state index in [1.54, 1.807) is 31.4 Å². The second kappa shape index (κ2) is 5.60. The molecule has 2 heterocycles. The highest BCUT2D eigenvalue weighted by Crippen LogP contribution is 2.32. The lowest BCUT2D eigenvalue weighted by Gasteiger charge is -2.23. The molecule has 0 saturated carbocycles. The van der Waals surface area contributed by atoms with Gasteiger partial charge in [-0.2, -0.15) is 0 Å². The number of methoxy groups -OCH3 is 1. The van der Waals surface area contributed by atoms with E-state index in [0.29, 0.717) is 5.56 Å². The molecule has 5 heteroatoms. The topological polar surface area (TPSA) is 55.6 Å². The maximum atomic E-state index is 12.7. The molecule has 1 aromatic heterocycles. The average Bonchev–Trinajstić information content (AvgIpc) is 3.15. The molecule has 1 atom stereocenters. The van der Waals surface area contributed by atoms with Gasteiger partial charge in [0.25, 0.3) is 5.91 Å². The van der Waals surface area contributed by atoms with E-state index in [9.17, 15) is 4.79 Å². The predicted molar refractivity (Wildman–Crippen MR) is 77.2 cm³/mol. The van der Waals surface area contributed by atoms with Gasteiger partial charge in [-0.25, -0.2) is 0 Å². The van der Waals surface area contributed by atoms with E-state index in [2.05, 4.69) is 5.16 Å². The van der Waals surface area contributed by atoms with Crippen molar-refractivity contribution in [3.8, 4) is 5.75 Å². The van der Waals surface area contributed by atoms with E-state index in [0.717, 1.165) is 36.6 Å². The van der Waals surface area contributed by atoms with Crippen LogP contribution in [0.3, 0.4) is 0 Å². The van der Waals surface area contributed by atoms with Gasteiger partial charge in [-0.15, -0.1) is 0 Å². The molecule has 5 nitrogen and oxygen atoms in total. The van der Waals surface area contributed by atoms with Crippen LogP contribution in [0, 0.1) is 6.92 Å². The van der Waals surface area contributed by atoms with Crippen molar-refractivity contribution in [2.24, 2.45) is 0 Å². The summed E-state index contributed by atoms with van der Waals surface area (Å²) in [6.45, 7) is 2.61. The molecule has 1 fully saturated rings. The van der Waals surface area contributed by atoms with Crippen LogP contribution in [0.2, 0.25) is 0 Å². The number of rotatable bonds is 3. The molecule has 1 aliphatic rings. The third-order valence-electron chi connectivity index (χ3n) is 3.84. The molecule has 0 aliphatic carbocycles. The predicted octanol–water partition coefficient (Wildman–Crippen LogP) is 2.97. The van der Waals surface area contributed by atoms with E-state index < -0.39 is 0 Å². The van der Waals surface area contributed by atoms with Crippen LogP contribution in [-0.4, -0.2) is 29.6 Å². The molecule has 0 N–H and O–H groups in total. The van der Waals surface area contributed by atoms with Crippen molar-refractivity contribution in [2.45, 2.75) is 25.8 Å². The molecular weight excluding hydrogens is 268 g/mol. The molecule has 2 aromatic rings. The van der Waals surface area contributed by atoms with Gasteiger partial charge >= 0.3 is 0 Å². The number of benzene rings is 1. The number of ether oxygens (including phenoxy) is 1. The first kappa shape index (κ1) is 13.7. The first-order valence-electron chi connectivity index (χ1n) is 7.07. The summed E-state index contributed by atoms with van der Waals surface area (Å²) in [6, 6.07) is 9.12. The number of likely N-dealkylation sites (tertiary alicyclic amines) is 1. The lowest BCUT2D eigenvalue weighted by molar-refractivity contribution is 0.0731. The summed E-state index contributed by atoms with van der Waals surface area (Å²) in [5, 5.41) is 4.06. The van der Waals surface area contributed by atoms with Crippen molar-refractivity contribution in [1.82, 2.24) is 10.1 Å². The van der Waals surface area contributed by atoms with Gasteiger partial charge in [-0.1, -0.05) is 5.16 Å². The Bertz CT molecular complexity index is 633. The zero-order chi connectivity index (χ0) is 14.8. The van der Waals surface area contributed by atoms with Crippen molar-refractivity contribution in [1.29, 1.82) is 0 Å². The van der Waals surface area contributed by atoms with Crippen LogP contribution < -0.4 is 4.74 Å². The van der Waals surface area contributed by atoms with Gasteiger partial charge in [0.2, 0.25) is 0 Å². The Balaban J connectivity index is 1.82. The largest absolute Gasteiger partial charge is 0.497 e. The molecule has 1 aromatic carbocycles. The van der Waals surface area contributed by atoms with Gasteiger partial charge in [0.1, 0.15) is 17.2 Å². The smallest absolute Gasteiger partial charge is 0.254 e. The monoisotopic (exact) mass is 286 g/mol. The number of nitrogens with zero attached hydrogens (tertiary/aromatic N) is 2. The molecule has 0 radical (unpaired) electrons. The lowest BCUT2D eigenvalue weighted by atomic mass is 10.1. The third-order valence-corrected chi connectivity index (χ3v) is 3.84. The van der Waals surface area contributed by atoms with Crippen LogP contribution >= 0.6 is 0 Å². The third kappa shape index (κ3) is 2.63. The second-order valence-electron chi connectivity index (χ2n) is 5.25. The Morgan fingerprint density at radius 2 is 2.14 bits per heavy atom. The fraction of sp³-hybridized carbons (Fsp3) is 0.375. The number of carbonyl (C=O) groups excluding carboxylic acids is 1. The Morgan fingerprint density at radius 3 is 2.76 bits per heavy atom. The molecule has 0 unspecified atom stereocenters. The van der Waals surface area contributed by atoms with Crippen molar-refractivity contribution < 1.29 is 14.1 Å². The minimum absolute atomic E-state index is 0.0112. The van der Waals surface area contributed by atoms with E-state index in [4.69, 9.17) is 9.26 Å². The average molecular weight is 286 g/mol. The number of aromatic nitrogens is 1. The number of aryl methyl sites for hydroxylation is 1. The van der Waals surface area contributed by atoms with Crippen LogP contribution in [0.15, 0.2) is 34.9 Å². The van der Waals surface area contributed by atoms with Crippen molar-refractivity contribution in [2.75, 3.05) is 13.7 Å². The zero-order valence-corrected chi connectivity index (χ0v) is 12.2. The lowest BCUT2D eigenvalue weighted by Crippen LogP contribution is -2.30. The quantitative estimate of drug-likeness (QED) is 0.870. The van der Waals surface area contributed by atoms with Gasteiger partial charge in [0.05, 0.1) is 13.2 Å². The second-order valence-corrected chi connectivity index (χ2v) is 5.25. The standard InChI is InChI=1S/C16H18N2O3/c1-11-10-14(17-21-11)15-4-3-9-18(15)16(19)12-5-7-13(20-2)8-6-12/h5-8,10,15H,3-4,9H2,1-2H3/t15-/m1/s1. The summed E-state index contributed by atoms with van der Waals surface area (Å²) >= 11 is 0. The first-order valence-corrected chi connectivity index (χ1v) is 7.07. The molecule has 1 amide bonds. The summed E-state index contributed by atoms with van der Waals surface area (Å²) in [7, 11) is 1.61. The Kier molecular flexibility index (Phi) is 3.64. The van der Waals surface area contributed by atoms with Gasteiger partial charge < -0.3 is 14.2 Å². The minimum atomic E-state index is 0.0112. The van der Waals surface area contributed by atoms with Gasteiger partial charge in [-0.05, 0) is 44.0 Å². The number of hydrogen-bond donors (Lipinski definition) is 0. The highest BCUT2D eigenvalue weighted by molar-refractivity contribution is 5.94. The molecular formula is C16H18N2O3. The normalized spacial score (nSPS) is 18.0. The zero-order valence-electron chi connectivity index (χ0n) is 12.2. The number of hydrogen-bond acceptors (Lipinski definition) is 4. The summed E-state index contributed by atoms with van der Waals surface area (Å²) in [5.41, 5.74) is 1.51. The van der Waals surface area contributed by atoms with Gasteiger partial charge in [0, 0.05) is 18.2 Å². The fourth-order valence-electron chi connectivity index (χ4n) is 2.76.